The van der Waals surface area contributed by atoms with Crippen molar-refractivity contribution in [1.29, 1.82) is 5.26 Å². The van der Waals surface area contributed by atoms with E-state index in [0.717, 1.165) is 5.56 Å². The number of methoxy groups -OCH3 is 1. The molecule has 0 saturated heterocycles. The Balaban J connectivity index is 2.93. The van der Waals surface area contributed by atoms with Gasteiger partial charge in [0.05, 0.1) is 18.7 Å². The highest BCUT2D eigenvalue weighted by atomic mass is 16.5. The number of amides is 1. The number of nitriles is 1. The van der Waals surface area contributed by atoms with E-state index in [1.54, 1.807) is 25.1 Å². The summed E-state index contributed by atoms with van der Waals surface area (Å²) < 4.78 is 4.62. The molecule has 0 fully saturated rings. The number of rotatable bonds is 3. The molecule has 0 saturated carbocycles. The van der Waals surface area contributed by atoms with Crippen LogP contribution in [-0.2, 0) is 9.53 Å². The van der Waals surface area contributed by atoms with Crippen molar-refractivity contribution in [2.75, 3.05) is 12.4 Å². The number of nitrogens with one attached hydrogen (secondary N) is 1. The number of carbonyl (C=O) groups excluding carboxylic acids is 2. The largest absolute Gasteiger partial charge is 0.465 e. The minimum Gasteiger partial charge on any atom is -0.465 e. The number of benzene rings is 1. The monoisotopic (exact) mass is 232 g/mol. The first kappa shape index (κ1) is 12.7. The second kappa shape index (κ2) is 5.66. The molecular weight excluding hydrogens is 220 g/mol. The Labute approximate surface area is 99.0 Å². The number of hydrogen-bond donors (Lipinski definition) is 1. The lowest BCUT2D eigenvalue weighted by atomic mass is 10.1. The summed E-state index contributed by atoms with van der Waals surface area (Å²) in [5.74, 6) is -0.869. The Bertz CT molecular complexity index is 489. The van der Waals surface area contributed by atoms with Gasteiger partial charge in [0.15, 0.2) is 0 Å². The van der Waals surface area contributed by atoms with Crippen LogP contribution in [0.2, 0.25) is 0 Å². The van der Waals surface area contributed by atoms with Gasteiger partial charge in [-0.1, -0.05) is 6.07 Å². The van der Waals surface area contributed by atoms with Crippen LogP contribution in [0.5, 0.6) is 0 Å². The Morgan fingerprint density at radius 3 is 2.76 bits per heavy atom. The molecule has 0 heterocycles. The minimum absolute atomic E-state index is 0.221. The predicted molar refractivity (Wildman–Crippen MR) is 61.4 cm³/mol. The summed E-state index contributed by atoms with van der Waals surface area (Å²) in [5, 5.41) is 10.9. The summed E-state index contributed by atoms with van der Waals surface area (Å²) in [6.45, 7) is 1.77. The molecule has 17 heavy (non-hydrogen) atoms. The zero-order chi connectivity index (χ0) is 12.8. The Morgan fingerprint density at radius 1 is 1.47 bits per heavy atom. The number of ether oxygens (including phenoxy) is 1. The van der Waals surface area contributed by atoms with Gasteiger partial charge in [-0.2, -0.15) is 5.26 Å². The summed E-state index contributed by atoms with van der Waals surface area (Å²) in [6, 6.07) is 6.63. The van der Waals surface area contributed by atoms with Gasteiger partial charge in [-0.15, -0.1) is 0 Å². The van der Waals surface area contributed by atoms with E-state index in [4.69, 9.17) is 5.26 Å². The molecule has 1 amide bonds. The van der Waals surface area contributed by atoms with Gasteiger partial charge in [0, 0.05) is 5.69 Å². The van der Waals surface area contributed by atoms with Crippen LogP contribution in [0.4, 0.5) is 5.69 Å². The highest BCUT2D eigenvalue weighted by Gasteiger charge is 2.10. The SMILES string of the molecule is COC(=O)c1cc(NC(=O)CC#N)ccc1C. The van der Waals surface area contributed by atoms with Gasteiger partial charge in [-0.25, -0.2) is 4.79 Å². The fourth-order valence-electron chi connectivity index (χ4n) is 1.31. The maximum atomic E-state index is 11.4. The van der Waals surface area contributed by atoms with E-state index in [1.807, 2.05) is 0 Å². The summed E-state index contributed by atoms with van der Waals surface area (Å²) in [6.07, 6.45) is -0.221. The van der Waals surface area contributed by atoms with Gasteiger partial charge in [-0.05, 0) is 24.6 Å². The van der Waals surface area contributed by atoms with E-state index in [9.17, 15) is 9.59 Å². The standard InChI is InChI=1S/C12H12N2O3/c1-8-3-4-9(14-11(15)5-6-13)7-10(8)12(16)17-2/h3-4,7H,5H2,1-2H3,(H,14,15). The number of hydrogen-bond acceptors (Lipinski definition) is 4. The van der Waals surface area contributed by atoms with Crippen molar-refractivity contribution in [3.05, 3.63) is 29.3 Å². The summed E-state index contributed by atoms with van der Waals surface area (Å²) >= 11 is 0. The van der Waals surface area contributed by atoms with Crippen LogP contribution in [0.1, 0.15) is 22.3 Å². The van der Waals surface area contributed by atoms with E-state index in [2.05, 4.69) is 10.1 Å². The van der Waals surface area contributed by atoms with Gasteiger partial charge < -0.3 is 10.1 Å². The van der Waals surface area contributed by atoms with E-state index < -0.39 is 11.9 Å². The quantitative estimate of drug-likeness (QED) is 0.803. The lowest BCUT2D eigenvalue weighted by Gasteiger charge is -2.07. The van der Waals surface area contributed by atoms with Crippen LogP contribution >= 0.6 is 0 Å². The number of carbonyl (C=O) groups is 2. The van der Waals surface area contributed by atoms with Crippen LogP contribution in [0, 0.1) is 18.3 Å². The molecule has 1 N–H and O–H groups in total. The molecule has 0 unspecified atom stereocenters. The number of aryl methyl sites for hydroxylation is 1. The molecule has 1 rings (SSSR count). The Hall–Kier alpha value is -2.35. The van der Waals surface area contributed by atoms with Crippen molar-refractivity contribution in [3.8, 4) is 6.07 Å². The van der Waals surface area contributed by atoms with Crippen molar-refractivity contribution in [2.24, 2.45) is 0 Å². The van der Waals surface area contributed by atoms with Gasteiger partial charge in [0.1, 0.15) is 6.42 Å². The van der Waals surface area contributed by atoms with Gasteiger partial charge in [-0.3, -0.25) is 4.79 Å². The molecule has 5 heteroatoms. The predicted octanol–water partition coefficient (Wildman–Crippen LogP) is 1.63. The fraction of sp³-hybridized carbons (Fsp3) is 0.250. The second-order valence-electron chi connectivity index (χ2n) is 3.40. The average Bonchev–Trinajstić information content (AvgIpc) is 2.31. The zero-order valence-electron chi connectivity index (χ0n) is 9.61. The van der Waals surface area contributed by atoms with Crippen molar-refractivity contribution in [2.45, 2.75) is 13.3 Å². The minimum atomic E-state index is -0.459. The molecule has 88 valence electrons. The third-order valence-corrected chi connectivity index (χ3v) is 2.17. The van der Waals surface area contributed by atoms with Crippen LogP contribution in [-0.4, -0.2) is 19.0 Å². The molecule has 0 bridgehead atoms. The molecule has 0 aliphatic carbocycles. The van der Waals surface area contributed by atoms with Gasteiger partial charge >= 0.3 is 5.97 Å². The summed E-state index contributed by atoms with van der Waals surface area (Å²) in [4.78, 5) is 22.6. The molecule has 0 radical (unpaired) electrons. The normalized spacial score (nSPS) is 9.24. The van der Waals surface area contributed by atoms with Crippen molar-refractivity contribution >= 4 is 17.6 Å². The molecule has 1 aromatic carbocycles. The smallest absolute Gasteiger partial charge is 0.338 e. The molecule has 5 nitrogen and oxygen atoms in total. The molecule has 1 aromatic rings. The van der Waals surface area contributed by atoms with Crippen LogP contribution < -0.4 is 5.32 Å². The third kappa shape index (κ3) is 3.31. The highest BCUT2D eigenvalue weighted by molar-refractivity contribution is 5.96. The fourth-order valence-corrected chi connectivity index (χ4v) is 1.31. The number of anilines is 1. The van der Waals surface area contributed by atoms with E-state index in [0.29, 0.717) is 11.3 Å². The van der Waals surface area contributed by atoms with Crippen molar-refractivity contribution in [1.82, 2.24) is 0 Å². The molecule has 0 aromatic heterocycles. The van der Waals surface area contributed by atoms with E-state index in [-0.39, 0.29) is 6.42 Å². The van der Waals surface area contributed by atoms with Crippen LogP contribution in [0.3, 0.4) is 0 Å². The van der Waals surface area contributed by atoms with E-state index >= 15 is 0 Å². The summed E-state index contributed by atoms with van der Waals surface area (Å²) in [5.41, 5.74) is 1.62. The van der Waals surface area contributed by atoms with Crippen molar-refractivity contribution in [3.63, 3.8) is 0 Å². The highest BCUT2D eigenvalue weighted by Crippen LogP contribution is 2.16. The first-order valence-electron chi connectivity index (χ1n) is 4.94. The maximum Gasteiger partial charge on any atom is 0.338 e. The molecular formula is C12H12N2O3. The Morgan fingerprint density at radius 2 is 2.18 bits per heavy atom. The first-order chi connectivity index (χ1) is 8.08. The third-order valence-electron chi connectivity index (χ3n) is 2.17. The number of esters is 1. The second-order valence-corrected chi connectivity index (χ2v) is 3.40. The first-order valence-corrected chi connectivity index (χ1v) is 4.94. The van der Waals surface area contributed by atoms with Crippen molar-refractivity contribution < 1.29 is 14.3 Å². The van der Waals surface area contributed by atoms with Crippen LogP contribution in [0.15, 0.2) is 18.2 Å². The Kier molecular flexibility index (Phi) is 4.23. The molecule has 0 atom stereocenters. The van der Waals surface area contributed by atoms with Crippen LogP contribution in [0.25, 0.3) is 0 Å². The van der Waals surface area contributed by atoms with Gasteiger partial charge in [0.2, 0.25) is 5.91 Å². The molecule has 0 aliphatic heterocycles. The molecule has 0 spiro atoms. The zero-order valence-corrected chi connectivity index (χ0v) is 9.61. The maximum absolute atomic E-state index is 11.4. The average molecular weight is 232 g/mol. The topological polar surface area (TPSA) is 79.2 Å². The summed E-state index contributed by atoms with van der Waals surface area (Å²) in [7, 11) is 1.29. The lowest BCUT2D eigenvalue weighted by molar-refractivity contribution is -0.115. The number of nitrogens with zero attached hydrogens (tertiary/aromatic N) is 1. The molecule has 0 aliphatic rings. The van der Waals surface area contributed by atoms with E-state index in [1.165, 1.54) is 13.2 Å². The van der Waals surface area contributed by atoms with Gasteiger partial charge in [0.25, 0.3) is 0 Å². The lowest BCUT2D eigenvalue weighted by Crippen LogP contribution is -2.11.